The second-order valence-electron chi connectivity index (χ2n) is 5.64. The van der Waals surface area contributed by atoms with Crippen molar-refractivity contribution in [1.82, 2.24) is 4.98 Å². The lowest BCUT2D eigenvalue weighted by molar-refractivity contribution is -0.137. The van der Waals surface area contributed by atoms with Crippen molar-refractivity contribution in [1.29, 1.82) is 5.26 Å². The minimum atomic E-state index is -0.811. The van der Waals surface area contributed by atoms with Gasteiger partial charge in [-0.05, 0) is 49.7 Å². The molecule has 3 rings (SSSR count). The van der Waals surface area contributed by atoms with Crippen molar-refractivity contribution < 1.29 is 9.90 Å². The Morgan fingerprint density at radius 2 is 2.35 bits per heavy atom. The van der Waals surface area contributed by atoms with Gasteiger partial charge in [-0.25, -0.2) is 4.98 Å². The maximum absolute atomic E-state index is 10.9. The van der Waals surface area contributed by atoms with Crippen LogP contribution in [-0.2, 0) is 17.6 Å². The molecule has 5 nitrogen and oxygen atoms in total. The lowest BCUT2D eigenvalue weighted by Gasteiger charge is -2.18. The molecule has 104 valence electrons. The molecule has 20 heavy (non-hydrogen) atoms. The number of fused-ring (bicyclic) bond motifs is 1. The molecule has 2 aliphatic carbocycles. The molecule has 1 heterocycles. The first-order chi connectivity index (χ1) is 9.67. The summed E-state index contributed by atoms with van der Waals surface area (Å²) in [6, 6.07) is 3.96. The summed E-state index contributed by atoms with van der Waals surface area (Å²) in [5.74, 6) is 0.146. The second-order valence-corrected chi connectivity index (χ2v) is 5.64. The molecule has 5 heteroatoms. The summed E-state index contributed by atoms with van der Waals surface area (Å²) in [6.45, 7) is 0. The number of hydrogen-bond donors (Lipinski definition) is 2. The number of carbonyl (C=O) groups is 1. The van der Waals surface area contributed by atoms with E-state index >= 15 is 0 Å². The van der Waals surface area contributed by atoms with Crippen LogP contribution >= 0.6 is 0 Å². The summed E-state index contributed by atoms with van der Waals surface area (Å²) in [5, 5.41) is 21.5. The van der Waals surface area contributed by atoms with Gasteiger partial charge in [0.2, 0.25) is 0 Å². The number of aromatic nitrogens is 1. The van der Waals surface area contributed by atoms with Crippen molar-refractivity contribution >= 4 is 11.8 Å². The largest absolute Gasteiger partial charge is 0.481 e. The number of pyridine rings is 1. The van der Waals surface area contributed by atoms with E-state index in [0.29, 0.717) is 17.3 Å². The second kappa shape index (κ2) is 5.12. The molecule has 0 aliphatic heterocycles. The summed E-state index contributed by atoms with van der Waals surface area (Å²) >= 11 is 0. The van der Waals surface area contributed by atoms with Crippen LogP contribution in [0.2, 0.25) is 0 Å². The predicted octanol–water partition coefficient (Wildman–Crippen LogP) is 2.11. The third-order valence-electron chi connectivity index (χ3n) is 4.08. The molecule has 1 atom stereocenters. The number of aliphatic carboxylic acids is 1. The summed E-state index contributed by atoms with van der Waals surface area (Å²) in [7, 11) is 0. The number of carboxylic acids is 1. The van der Waals surface area contributed by atoms with Gasteiger partial charge in [0, 0.05) is 11.7 Å². The van der Waals surface area contributed by atoms with Crippen LogP contribution in [0.3, 0.4) is 0 Å². The summed E-state index contributed by atoms with van der Waals surface area (Å²) in [6.07, 6.45) is 5.20. The van der Waals surface area contributed by atoms with Gasteiger partial charge in [0.05, 0.1) is 12.0 Å². The average molecular weight is 271 g/mol. The Labute approximate surface area is 117 Å². The minimum Gasteiger partial charge on any atom is -0.481 e. The van der Waals surface area contributed by atoms with Crippen LogP contribution in [-0.4, -0.2) is 22.1 Å². The zero-order valence-corrected chi connectivity index (χ0v) is 11.2. The fourth-order valence-corrected chi connectivity index (χ4v) is 2.87. The third-order valence-corrected chi connectivity index (χ3v) is 4.08. The molecule has 1 unspecified atom stereocenters. The monoisotopic (exact) mass is 271 g/mol. The molecule has 1 fully saturated rings. The van der Waals surface area contributed by atoms with Gasteiger partial charge >= 0.3 is 5.97 Å². The van der Waals surface area contributed by atoms with Gasteiger partial charge in [0.1, 0.15) is 11.9 Å². The van der Waals surface area contributed by atoms with Crippen molar-refractivity contribution in [2.45, 2.75) is 44.6 Å². The van der Waals surface area contributed by atoms with E-state index in [9.17, 15) is 10.1 Å². The molecule has 1 aromatic heterocycles. The molecule has 1 saturated carbocycles. The highest BCUT2D eigenvalue weighted by Gasteiger charge is 2.33. The fourth-order valence-electron chi connectivity index (χ4n) is 2.87. The van der Waals surface area contributed by atoms with Crippen molar-refractivity contribution in [2.75, 3.05) is 5.32 Å². The Bertz CT molecular complexity index is 588. The first kappa shape index (κ1) is 12.9. The zero-order valence-electron chi connectivity index (χ0n) is 11.2. The van der Waals surface area contributed by atoms with E-state index in [0.717, 1.165) is 43.4 Å². The van der Waals surface area contributed by atoms with Crippen LogP contribution in [0.15, 0.2) is 6.07 Å². The number of anilines is 1. The molecule has 0 amide bonds. The number of hydrogen-bond acceptors (Lipinski definition) is 4. The van der Waals surface area contributed by atoms with Crippen LogP contribution in [0.5, 0.6) is 0 Å². The third kappa shape index (κ3) is 2.60. The van der Waals surface area contributed by atoms with Gasteiger partial charge in [-0.2, -0.15) is 5.26 Å². The summed E-state index contributed by atoms with van der Waals surface area (Å²) in [5.41, 5.74) is 2.74. The standard InChI is InChI=1S/C15H17N3O2/c16-8-11-6-10-2-1-3-12(10)17-15(11)18-13(7-14(19)20)9-4-5-9/h6,9,13H,1-5,7H2,(H,17,18)(H,19,20). The van der Waals surface area contributed by atoms with Gasteiger partial charge in [0.15, 0.2) is 0 Å². The fraction of sp³-hybridized carbons (Fsp3) is 0.533. The Balaban J connectivity index is 1.85. The predicted molar refractivity (Wildman–Crippen MR) is 73.4 cm³/mol. The van der Waals surface area contributed by atoms with E-state index in [2.05, 4.69) is 16.4 Å². The first-order valence-corrected chi connectivity index (χ1v) is 7.08. The van der Waals surface area contributed by atoms with Crippen LogP contribution in [0.4, 0.5) is 5.82 Å². The highest BCUT2D eigenvalue weighted by atomic mass is 16.4. The van der Waals surface area contributed by atoms with Crippen LogP contribution in [0.1, 0.15) is 42.5 Å². The van der Waals surface area contributed by atoms with E-state index < -0.39 is 5.97 Å². The number of nitrogens with zero attached hydrogens (tertiary/aromatic N) is 2. The molecule has 2 aliphatic rings. The van der Waals surface area contributed by atoms with Gasteiger partial charge < -0.3 is 10.4 Å². The smallest absolute Gasteiger partial charge is 0.305 e. The van der Waals surface area contributed by atoms with Gasteiger partial charge in [-0.1, -0.05) is 0 Å². The Morgan fingerprint density at radius 1 is 1.55 bits per heavy atom. The van der Waals surface area contributed by atoms with Crippen molar-refractivity contribution in [3.05, 3.63) is 22.9 Å². The van der Waals surface area contributed by atoms with Crippen LogP contribution < -0.4 is 5.32 Å². The highest BCUT2D eigenvalue weighted by Crippen LogP contribution is 2.36. The van der Waals surface area contributed by atoms with Gasteiger partial charge in [0.25, 0.3) is 0 Å². The lowest BCUT2D eigenvalue weighted by atomic mass is 10.1. The molecule has 0 spiro atoms. The van der Waals surface area contributed by atoms with E-state index in [1.807, 2.05) is 6.07 Å². The van der Waals surface area contributed by atoms with Gasteiger partial charge in [-0.3, -0.25) is 4.79 Å². The SMILES string of the molecule is N#Cc1cc2c(nc1NC(CC(=O)O)C1CC1)CCC2. The maximum Gasteiger partial charge on any atom is 0.305 e. The number of nitrogens with one attached hydrogen (secondary N) is 1. The highest BCUT2D eigenvalue weighted by molar-refractivity contribution is 5.68. The maximum atomic E-state index is 10.9. The molecule has 1 aromatic rings. The van der Waals surface area contributed by atoms with E-state index in [1.165, 1.54) is 0 Å². The van der Waals surface area contributed by atoms with Crippen molar-refractivity contribution in [3.8, 4) is 6.07 Å². The molecular weight excluding hydrogens is 254 g/mol. The average Bonchev–Trinajstić information content (AvgIpc) is 3.16. The number of nitriles is 1. The molecular formula is C15H17N3O2. The Hall–Kier alpha value is -2.09. The summed E-state index contributed by atoms with van der Waals surface area (Å²) in [4.78, 5) is 15.5. The van der Waals surface area contributed by atoms with E-state index in [4.69, 9.17) is 5.11 Å². The molecule has 2 N–H and O–H groups in total. The van der Waals surface area contributed by atoms with Crippen molar-refractivity contribution in [3.63, 3.8) is 0 Å². The molecule has 0 saturated heterocycles. The minimum absolute atomic E-state index is 0.0777. The normalized spacial score (nSPS) is 18.1. The van der Waals surface area contributed by atoms with Crippen LogP contribution in [0, 0.1) is 17.2 Å². The lowest BCUT2D eigenvalue weighted by Crippen LogP contribution is -2.26. The number of rotatable bonds is 5. The first-order valence-electron chi connectivity index (χ1n) is 7.08. The van der Waals surface area contributed by atoms with E-state index in [1.54, 1.807) is 0 Å². The molecule has 0 bridgehead atoms. The topological polar surface area (TPSA) is 86.0 Å². The zero-order chi connectivity index (χ0) is 14.1. The quantitative estimate of drug-likeness (QED) is 0.856. The number of carboxylic acid groups (broad SMARTS) is 1. The Morgan fingerprint density at radius 3 is 3.00 bits per heavy atom. The number of aryl methyl sites for hydroxylation is 2. The van der Waals surface area contributed by atoms with Crippen molar-refractivity contribution in [2.24, 2.45) is 5.92 Å². The van der Waals surface area contributed by atoms with Crippen LogP contribution in [0.25, 0.3) is 0 Å². The Kier molecular flexibility index (Phi) is 3.31. The van der Waals surface area contributed by atoms with Gasteiger partial charge in [-0.15, -0.1) is 0 Å². The summed E-state index contributed by atoms with van der Waals surface area (Å²) < 4.78 is 0. The molecule has 0 radical (unpaired) electrons. The molecule has 0 aromatic carbocycles. The van der Waals surface area contributed by atoms with E-state index in [-0.39, 0.29) is 12.5 Å².